The van der Waals surface area contributed by atoms with Gasteiger partial charge in [-0.25, -0.2) is 0 Å². The van der Waals surface area contributed by atoms with Gasteiger partial charge in [0, 0.05) is 0 Å². The Balaban J connectivity index is 0.000000371. The van der Waals surface area contributed by atoms with Gasteiger partial charge in [0.1, 0.15) is 0 Å². The van der Waals surface area contributed by atoms with E-state index in [0.29, 0.717) is 5.56 Å². The zero-order valence-electron chi connectivity index (χ0n) is 5.23. The van der Waals surface area contributed by atoms with Crippen LogP contribution in [0.4, 0.5) is 0 Å². The van der Waals surface area contributed by atoms with Crippen molar-refractivity contribution in [3.8, 4) is 6.07 Å². The molecule has 0 aliphatic rings. The molecule has 0 saturated heterocycles. The minimum absolute atomic E-state index is 0.715. The van der Waals surface area contributed by atoms with Crippen molar-refractivity contribution in [2.45, 2.75) is 0 Å². The first-order chi connectivity index (χ1) is 4.93. The summed E-state index contributed by atoms with van der Waals surface area (Å²) in [6, 6.07) is 11.2. The first kappa shape index (κ1) is 8.63. The molecule has 1 aromatic carbocycles. The van der Waals surface area contributed by atoms with Crippen LogP contribution in [0.15, 0.2) is 30.3 Å². The van der Waals surface area contributed by atoms with E-state index in [-0.39, 0.29) is 0 Å². The van der Waals surface area contributed by atoms with Crippen molar-refractivity contribution < 1.29 is 10.5 Å². The topological polar surface area (TPSA) is 64.2 Å². The minimum atomic E-state index is 0.715. The van der Waals surface area contributed by atoms with Gasteiger partial charge in [0.05, 0.1) is 11.6 Å². The van der Waals surface area contributed by atoms with Gasteiger partial charge in [-0.3, -0.25) is 10.5 Å². The standard InChI is InChI=1S/C7H5N.H2O2/c8-6-7-4-2-1-3-5-7;1-2/h1-5H;1-2H. The molecule has 52 valence electrons. The quantitative estimate of drug-likeness (QED) is 0.421. The average molecular weight is 137 g/mol. The smallest absolute Gasteiger partial charge is 0.0991 e. The second-order valence-corrected chi connectivity index (χ2v) is 1.48. The lowest BCUT2D eigenvalue weighted by Gasteiger charge is -1.80. The molecule has 0 atom stereocenters. The van der Waals surface area contributed by atoms with Crippen LogP contribution in [0.3, 0.4) is 0 Å². The van der Waals surface area contributed by atoms with E-state index in [0.717, 1.165) is 0 Å². The maximum atomic E-state index is 8.29. The van der Waals surface area contributed by atoms with Gasteiger partial charge in [-0.1, -0.05) is 18.2 Å². The summed E-state index contributed by atoms with van der Waals surface area (Å²) in [5, 5.41) is 20.3. The van der Waals surface area contributed by atoms with E-state index in [1.54, 1.807) is 12.1 Å². The molecular weight excluding hydrogens is 130 g/mol. The lowest BCUT2D eigenvalue weighted by Crippen LogP contribution is -1.66. The maximum absolute atomic E-state index is 8.29. The third kappa shape index (κ3) is 2.82. The largest absolute Gasteiger partial charge is 0.255 e. The Morgan fingerprint density at radius 3 is 1.90 bits per heavy atom. The molecule has 0 amide bonds. The molecule has 0 aliphatic carbocycles. The normalized spacial score (nSPS) is 6.90. The van der Waals surface area contributed by atoms with E-state index in [1.165, 1.54) is 0 Å². The maximum Gasteiger partial charge on any atom is 0.0991 e. The van der Waals surface area contributed by atoms with Crippen molar-refractivity contribution >= 4 is 0 Å². The molecule has 0 saturated carbocycles. The van der Waals surface area contributed by atoms with Crippen LogP contribution in [-0.4, -0.2) is 10.5 Å². The monoisotopic (exact) mass is 137 g/mol. The molecular formula is C7H7NO2. The Labute approximate surface area is 58.7 Å². The number of hydrogen-bond donors (Lipinski definition) is 2. The van der Waals surface area contributed by atoms with E-state index in [1.807, 2.05) is 24.3 Å². The summed E-state index contributed by atoms with van der Waals surface area (Å²) >= 11 is 0. The molecule has 0 fully saturated rings. The van der Waals surface area contributed by atoms with Crippen molar-refractivity contribution in [3.05, 3.63) is 35.9 Å². The highest BCUT2D eigenvalue weighted by Gasteiger charge is 1.79. The first-order valence-corrected chi connectivity index (χ1v) is 2.58. The highest BCUT2D eigenvalue weighted by atomic mass is 17.0. The summed E-state index contributed by atoms with van der Waals surface area (Å²) < 4.78 is 0. The molecule has 3 heteroatoms. The van der Waals surface area contributed by atoms with Crippen molar-refractivity contribution in [1.82, 2.24) is 0 Å². The fourth-order valence-electron chi connectivity index (χ4n) is 0.513. The van der Waals surface area contributed by atoms with Crippen molar-refractivity contribution in [1.29, 1.82) is 5.26 Å². The Morgan fingerprint density at radius 2 is 1.60 bits per heavy atom. The Bertz CT molecular complexity index is 203. The molecule has 1 rings (SSSR count). The molecule has 0 unspecified atom stereocenters. The van der Waals surface area contributed by atoms with E-state index >= 15 is 0 Å². The summed E-state index contributed by atoms with van der Waals surface area (Å²) in [6.45, 7) is 0. The van der Waals surface area contributed by atoms with Gasteiger partial charge in [-0.05, 0) is 12.1 Å². The number of hydrogen-bond acceptors (Lipinski definition) is 3. The molecule has 0 radical (unpaired) electrons. The molecule has 0 bridgehead atoms. The molecule has 2 N–H and O–H groups in total. The Kier molecular flexibility index (Phi) is 4.97. The van der Waals surface area contributed by atoms with Crippen LogP contribution in [0.1, 0.15) is 5.56 Å². The summed E-state index contributed by atoms with van der Waals surface area (Å²) in [7, 11) is 0. The molecule has 3 nitrogen and oxygen atoms in total. The number of nitrogens with zero attached hydrogens (tertiary/aromatic N) is 1. The number of rotatable bonds is 0. The van der Waals surface area contributed by atoms with Crippen LogP contribution < -0.4 is 0 Å². The van der Waals surface area contributed by atoms with Crippen LogP contribution in [0.25, 0.3) is 0 Å². The van der Waals surface area contributed by atoms with Gasteiger partial charge in [-0.15, -0.1) is 0 Å². The van der Waals surface area contributed by atoms with Crippen molar-refractivity contribution in [2.75, 3.05) is 0 Å². The third-order valence-electron chi connectivity index (χ3n) is 0.903. The fraction of sp³-hybridized carbons (Fsp3) is 0. The van der Waals surface area contributed by atoms with Gasteiger partial charge in [-0.2, -0.15) is 5.26 Å². The summed E-state index contributed by atoms with van der Waals surface area (Å²) in [5.41, 5.74) is 0.715. The highest BCUT2D eigenvalue weighted by Crippen LogP contribution is 1.92. The molecule has 0 aliphatic heterocycles. The lowest BCUT2D eigenvalue weighted by molar-refractivity contribution is -0.176. The van der Waals surface area contributed by atoms with Gasteiger partial charge < -0.3 is 0 Å². The Hall–Kier alpha value is -1.37. The lowest BCUT2D eigenvalue weighted by atomic mass is 10.2. The van der Waals surface area contributed by atoms with Gasteiger partial charge >= 0.3 is 0 Å². The van der Waals surface area contributed by atoms with Crippen LogP contribution in [0.2, 0.25) is 0 Å². The Morgan fingerprint density at radius 1 is 1.10 bits per heavy atom. The second kappa shape index (κ2) is 5.76. The van der Waals surface area contributed by atoms with Gasteiger partial charge in [0.15, 0.2) is 0 Å². The average Bonchev–Trinajstić information content (AvgIpc) is 2.10. The second-order valence-electron chi connectivity index (χ2n) is 1.48. The number of benzene rings is 1. The summed E-state index contributed by atoms with van der Waals surface area (Å²) in [6.07, 6.45) is 0. The predicted molar refractivity (Wildman–Crippen MR) is 36.4 cm³/mol. The van der Waals surface area contributed by atoms with Crippen LogP contribution in [0.5, 0.6) is 0 Å². The van der Waals surface area contributed by atoms with Crippen LogP contribution >= 0.6 is 0 Å². The predicted octanol–water partition coefficient (Wildman–Crippen LogP) is 1.58. The number of nitriles is 1. The van der Waals surface area contributed by atoms with Gasteiger partial charge in [0.2, 0.25) is 0 Å². The molecule has 0 heterocycles. The zero-order chi connectivity index (χ0) is 7.82. The zero-order valence-corrected chi connectivity index (χ0v) is 5.23. The third-order valence-corrected chi connectivity index (χ3v) is 0.903. The highest BCUT2D eigenvalue weighted by molar-refractivity contribution is 5.27. The van der Waals surface area contributed by atoms with E-state index < -0.39 is 0 Å². The summed E-state index contributed by atoms with van der Waals surface area (Å²) in [5.74, 6) is 0. The van der Waals surface area contributed by atoms with Gasteiger partial charge in [0.25, 0.3) is 0 Å². The van der Waals surface area contributed by atoms with E-state index in [9.17, 15) is 0 Å². The SMILES string of the molecule is N#Cc1ccccc1.OO. The van der Waals surface area contributed by atoms with Crippen molar-refractivity contribution in [3.63, 3.8) is 0 Å². The summed E-state index contributed by atoms with van der Waals surface area (Å²) in [4.78, 5) is 0. The van der Waals surface area contributed by atoms with Crippen LogP contribution in [-0.2, 0) is 0 Å². The molecule has 0 aromatic heterocycles. The first-order valence-electron chi connectivity index (χ1n) is 2.58. The van der Waals surface area contributed by atoms with Crippen molar-refractivity contribution in [2.24, 2.45) is 0 Å². The van der Waals surface area contributed by atoms with Crippen LogP contribution in [0, 0.1) is 11.3 Å². The minimum Gasteiger partial charge on any atom is -0.255 e. The van der Waals surface area contributed by atoms with E-state index in [2.05, 4.69) is 0 Å². The molecule has 10 heavy (non-hydrogen) atoms. The molecule has 1 aromatic rings. The van der Waals surface area contributed by atoms with E-state index in [4.69, 9.17) is 15.8 Å². The molecule has 0 spiro atoms. The fourth-order valence-corrected chi connectivity index (χ4v) is 0.513.